The molecule has 0 saturated carbocycles. The highest BCUT2D eigenvalue weighted by molar-refractivity contribution is 5.56. The van der Waals surface area contributed by atoms with Gasteiger partial charge in [0.25, 0.3) is 0 Å². The molecule has 0 spiro atoms. The molecule has 1 aliphatic rings. The molecule has 2 atom stereocenters. The lowest BCUT2D eigenvalue weighted by Gasteiger charge is -2.29. The summed E-state index contributed by atoms with van der Waals surface area (Å²) in [6.07, 6.45) is 3.92. The molecule has 0 bridgehead atoms. The van der Waals surface area contributed by atoms with Crippen LogP contribution in [0, 0.1) is 5.92 Å². The average molecular weight is 262 g/mol. The van der Waals surface area contributed by atoms with Crippen LogP contribution < -0.4 is 10.6 Å². The molecule has 0 radical (unpaired) electrons. The van der Waals surface area contributed by atoms with Crippen molar-refractivity contribution in [2.75, 3.05) is 25.0 Å². The van der Waals surface area contributed by atoms with E-state index in [4.69, 9.17) is 5.73 Å². The van der Waals surface area contributed by atoms with Gasteiger partial charge in [-0.1, -0.05) is 25.5 Å². The van der Waals surface area contributed by atoms with E-state index >= 15 is 0 Å². The molecule has 1 heterocycles. The normalized spacial score (nSPS) is 18.0. The Kier molecular flexibility index (Phi) is 4.83. The second-order valence-corrected chi connectivity index (χ2v) is 5.64. The zero-order valence-electron chi connectivity index (χ0n) is 12.1. The van der Waals surface area contributed by atoms with Crippen LogP contribution in [-0.2, 0) is 6.42 Å². The van der Waals surface area contributed by atoms with Crippen molar-refractivity contribution in [2.24, 2.45) is 11.7 Å². The molecule has 0 saturated heterocycles. The van der Waals surface area contributed by atoms with Crippen molar-refractivity contribution in [3.63, 3.8) is 0 Å². The largest absolute Gasteiger partial charge is 0.388 e. The summed E-state index contributed by atoms with van der Waals surface area (Å²) in [5, 5.41) is 10.5. The summed E-state index contributed by atoms with van der Waals surface area (Å²) in [5.41, 5.74) is 9.48. The van der Waals surface area contributed by atoms with Crippen LogP contribution >= 0.6 is 0 Å². The SMILES string of the molecule is CCCC(CN)C(O)c1ccc2c(c1)CCCN2C. The van der Waals surface area contributed by atoms with Gasteiger partial charge in [0.2, 0.25) is 0 Å². The predicted octanol–water partition coefficient (Wildman–Crippen LogP) is 2.48. The van der Waals surface area contributed by atoms with Crippen LogP contribution in [0.2, 0.25) is 0 Å². The molecule has 0 aliphatic carbocycles. The van der Waals surface area contributed by atoms with Gasteiger partial charge in [-0.2, -0.15) is 0 Å². The number of hydrogen-bond donors (Lipinski definition) is 2. The van der Waals surface area contributed by atoms with Crippen molar-refractivity contribution in [3.8, 4) is 0 Å². The first-order chi connectivity index (χ1) is 9.17. The van der Waals surface area contributed by atoms with E-state index in [9.17, 15) is 5.11 Å². The lowest BCUT2D eigenvalue weighted by Crippen LogP contribution is -2.25. The van der Waals surface area contributed by atoms with Gasteiger partial charge in [-0.05, 0) is 43.0 Å². The zero-order chi connectivity index (χ0) is 13.8. The molecule has 0 aromatic heterocycles. The molecule has 0 amide bonds. The van der Waals surface area contributed by atoms with Gasteiger partial charge < -0.3 is 15.7 Å². The van der Waals surface area contributed by atoms with Gasteiger partial charge in [0.15, 0.2) is 0 Å². The van der Waals surface area contributed by atoms with Gasteiger partial charge in [-0.3, -0.25) is 0 Å². The fraction of sp³-hybridized carbons (Fsp3) is 0.625. The third kappa shape index (κ3) is 3.10. The molecule has 2 rings (SSSR count). The standard InChI is InChI=1S/C16H26N2O/c1-3-5-14(11-17)16(19)13-7-8-15-12(10-13)6-4-9-18(15)2/h7-8,10,14,16,19H,3-6,9,11,17H2,1-2H3. The summed E-state index contributed by atoms with van der Waals surface area (Å²) < 4.78 is 0. The average Bonchev–Trinajstić information content (AvgIpc) is 2.44. The predicted molar refractivity (Wildman–Crippen MR) is 80.4 cm³/mol. The second-order valence-electron chi connectivity index (χ2n) is 5.64. The number of aryl methyl sites for hydroxylation is 1. The van der Waals surface area contributed by atoms with Crippen LogP contribution in [0.1, 0.15) is 43.4 Å². The number of nitrogens with zero attached hydrogens (tertiary/aromatic N) is 1. The summed E-state index contributed by atoms with van der Waals surface area (Å²) in [4.78, 5) is 2.29. The number of anilines is 1. The Balaban J connectivity index is 2.21. The number of hydrogen-bond acceptors (Lipinski definition) is 3. The number of benzene rings is 1. The Bertz CT molecular complexity index is 419. The van der Waals surface area contributed by atoms with E-state index in [0.717, 1.165) is 31.4 Å². The minimum atomic E-state index is -0.428. The lowest BCUT2D eigenvalue weighted by atomic mass is 9.89. The Morgan fingerprint density at radius 2 is 2.21 bits per heavy atom. The quantitative estimate of drug-likeness (QED) is 0.857. The smallest absolute Gasteiger partial charge is 0.0830 e. The number of fused-ring (bicyclic) bond motifs is 1. The van der Waals surface area contributed by atoms with Gasteiger partial charge in [-0.15, -0.1) is 0 Å². The van der Waals surface area contributed by atoms with Gasteiger partial charge in [0.1, 0.15) is 0 Å². The van der Waals surface area contributed by atoms with Crippen molar-refractivity contribution < 1.29 is 5.11 Å². The summed E-state index contributed by atoms with van der Waals surface area (Å²) in [5.74, 6) is 0.171. The van der Waals surface area contributed by atoms with E-state index in [2.05, 4.69) is 37.1 Å². The highest BCUT2D eigenvalue weighted by atomic mass is 16.3. The van der Waals surface area contributed by atoms with Gasteiger partial charge in [0, 0.05) is 25.2 Å². The van der Waals surface area contributed by atoms with Crippen LogP contribution in [0.3, 0.4) is 0 Å². The molecular weight excluding hydrogens is 236 g/mol. The van der Waals surface area contributed by atoms with E-state index in [1.807, 2.05) is 0 Å². The molecular formula is C16H26N2O. The molecule has 19 heavy (non-hydrogen) atoms. The maximum absolute atomic E-state index is 10.5. The Morgan fingerprint density at radius 1 is 1.42 bits per heavy atom. The highest BCUT2D eigenvalue weighted by Gasteiger charge is 2.21. The van der Waals surface area contributed by atoms with Crippen molar-refractivity contribution in [1.82, 2.24) is 0 Å². The van der Waals surface area contributed by atoms with Crippen molar-refractivity contribution in [1.29, 1.82) is 0 Å². The number of aliphatic hydroxyl groups is 1. The van der Waals surface area contributed by atoms with Gasteiger partial charge in [0.05, 0.1) is 6.10 Å². The number of aliphatic hydroxyl groups excluding tert-OH is 1. The second kappa shape index (κ2) is 6.40. The molecule has 1 aromatic rings. The summed E-state index contributed by atoms with van der Waals surface area (Å²) in [6.45, 7) is 3.80. The summed E-state index contributed by atoms with van der Waals surface area (Å²) >= 11 is 0. The molecule has 106 valence electrons. The topological polar surface area (TPSA) is 49.5 Å². The van der Waals surface area contributed by atoms with E-state index < -0.39 is 6.10 Å². The van der Waals surface area contributed by atoms with E-state index in [0.29, 0.717) is 6.54 Å². The molecule has 1 aliphatic heterocycles. The van der Waals surface area contributed by atoms with Crippen LogP contribution in [0.4, 0.5) is 5.69 Å². The molecule has 1 aromatic carbocycles. The monoisotopic (exact) mass is 262 g/mol. The zero-order valence-corrected chi connectivity index (χ0v) is 12.1. The Labute approximate surface area is 116 Å². The third-order valence-electron chi connectivity index (χ3n) is 4.20. The summed E-state index contributed by atoms with van der Waals surface area (Å²) in [7, 11) is 2.13. The van der Waals surface area contributed by atoms with E-state index in [1.54, 1.807) is 0 Å². The van der Waals surface area contributed by atoms with Crippen LogP contribution in [0.5, 0.6) is 0 Å². The minimum Gasteiger partial charge on any atom is -0.388 e. The van der Waals surface area contributed by atoms with Crippen molar-refractivity contribution in [2.45, 2.75) is 38.7 Å². The molecule has 0 fully saturated rings. The number of rotatable bonds is 5. The van der Waals surface area contributed by atoms with Crippen LogP contribution in [-0.4, -0.2) is 25.2 Å². The third-order valence-corrected chi connectivity index (χ3v) is 4.20. The van der Waals surface area contributed by atoms with Gasteiger partial charge in [-0.25, -0.2) is 0 Å². The van der Waals surface area contributed by atoms with Crippen LogP contribution in [0.25, 0.3) is 0 Å². The molecule has 3 nitrogen and oxygen atoms in total. The Hall–Kier alpha value is -1.06. The molecule has 3 N–H and O–H groups in total. The van der Waals surface area contributed by atoms with Crippen molar-refractivity contribution >= 4 is 5.69 Å². The van der Waals surface area contributed by atoms with E-state index in [1.165, 1.54) is 17.7 Å². The Morgan fingerprint density at radius 3 is 2.89 bits per heavy atom. The first-order valence-electron chi connectivity index (χ1n) is 7.39. The van der Waals surface area contributed by atoms with Crippen LogP contribution in [0.15, 0.2) is 18.2 Å². The maximum Gasteiger partial charge on any atom is 0.0830 e. The first-order valence-corrected chi connectivity index (χ1v) is 7.39. The fourth-order valence-electron chi connectivity index (χ4n) is 3.04. The lowest BCUT2D eigenvalue weighted by molar-refractivity contribution is 0.106. The summed E-state index contributed by atoms with van der Waals surface area (Å²) in [6, 6.07) is 6.38. The minimum absolute atomic E-state index is 0.171. The number of nitrogens with two attached hydrogens (primary N) is 1. The first kappa shape index (κ1) is 14.4. The maximum atomic E-state index is 10.5. The highest BCUT2D eigenvalue weighted by Crippen LogP contribution is 2.31. The molecule has 2 unspecified atom stereocenters. The fourth-order valence-corrected chi connectivity index (χ4v) is 3.04. The van der Waals surface area contributed by atoms with Gasteiger partial charge >= 0.3 is 0 Å². The van der Waals surface area contributed by atoms with E-state index in [-0.39, 0.29) is 5.92 Å². The molecule has 3 heteroatoms. The van der Waals surface area contributed by atoms with Crippen molar-refractivity contribution in [3.05, 3.63) is 29.3 Å².